The molecule has 0 radical (unpaired) electrons. The topological polar surface area (TPSA) is 75.3 Å². The van der Waals surface area contributed by atoms with Gasteiger partial charge in [0.25, 0.3) is 0 Å². The molecule has 0 bridgehead atoms. The number of anilines is 1. The van der Waals surface area contributed by atoms with Gasteiger partial charge < -0.3 is 16.2 Å². The second kappa shape index (κ2) is 5.70. The van der Waals surface area contributed by atoms with Crippen molar-refractivity contribution in [1.82, 2.24) is 0 Å². The van der Waals surface area contributed by atoms with Gasteiger partial charge in [0, 0.05) is 12.3 Å². The molecule has 112 valence electrons. The average Bonchev–Trinajstić information content (AvgIpc) is 2.29. The molecule has 0 fully saturated rings. The highest BCUT2D eigenvalue weighted by Crippen LogP contribution is 2.36. The molecule has 0 unspecified atom stereocenters. The number of hydrogen-bond acceptors (Lipinski definition) is 2. The maximum atomic E-state index is 13.0. The first-order valence-corrected chi connectivity index (χ1v) is 5.92. The standard InChI is InChI=1S/C13H17F3N2O2/c1-12(2,7-19)6-8-3-4-9(18-11(17)20)5-10(8)13(14,15)16/h3-5,19H,6-7H2,1-2H3,(H3,17,18,20). The van der Waals surface area contributed by atoms with Crippen molar-refractivity contribution in [2.75, 3.05) is 11.9 Å². The van der Waals surface area contributed by atoms with Crippen molar-refractivity contribution in [2.24, 2.45) is 11.1 Å². The van der Waals surface area contributed by atoms with E-state index in [9.17, 15) is 18.0 Å². The Kier molecular flexibility index (Phi) is 4.65. The van der Waals surface area contributed by atoms with Crippen LogP contribution in [-0.4, -0.2) is 17.7 Å². The molecule has 0 aliphatic carbocycles. The van der Waals surface area contributed by atoms with E-state index in [0.717, 1.165) is 6.07 Å². The number of aliphatic hydroxyl groups is 1. The molecule has 0 aliphatic rings. The normalized spacial score (nSPS) is 12.3. The molecule has 0 saturated carbocycles. The number of halogens is 3. The number of hydrogen-bond donors (Lipinski definition) is 3. The van der Waals surface area contributed by atoms with Gasteiger partial charge in [-0.05, 0) is 29.5 Å². The summed E-state index contributed by atoms with van der Waals surface area (Å²) in [6.07, 6.45) is -4.48. The predicted octanol–water partition coefficient (Wildman–Crippen LogP) is 2.76. The van der Waals surface area contributed by atoms with Crippen LogP contribution < -0.4 is 11.1 Å². The number of primary amides is 1. The fraction of sp³-hybridized carbons (Fsp3) is 0.462. The second-order valence-corrected chi connectivity index (χ2v) is 5.36. The molecule has 0 aliphatic heterocycles. The third-order valence-corrected chi connectivity index (χ3v) is 2.78. The Hall–Kier alpha value is -1.76. The van der Waals surface area contributed by atoms with E-state index in [4.69, 9.17) is 10.8 Å². The molecule has 1 aromatic rings. The maximum absolute atomic E-state index is 13.0. The highest BCUT2D eigenvalue weighted by atomic mass is 19.4. The molecule has 0 aromatic heterocycles. The zero-order chi connectivity index (χ0) is 15.6. The summed E-state index contributed by atoms with van der Waals surface area (Å²) in [6.45, 7) is 3.11. The van der Waals surface area contributed by atoms with Crippen molar-refractivity contribution < 1.29 is 23.1 Å². The fourth-order valence-corrected chi connectivity index (χ4v) is 1.79. The molecule has 4 nitrogen and oxygen atoms in total. The number of aliphatic hydroxyl groups excluding tert-OH is 1. The molecule has 0 heterocycles. The van der Waals surface area contributed by atoms with Crippen molar-refractivity contribution >= 4 is 11.7 Å². The zero-order valence-corrected chi connectivity index (χ0v) is 11.2. The van der Waals surface area contributed by atoms with Gasteiger partial charge in [0.2, 0.25) is 0 Å². The van der Waals surface area contributed by atoms with Crippen LogP contribution in [0.15, 0.2) is 18.2 Å². The fourth-order valence-electron chi connectivity index (χ4n) is 1.79. The van der Waals surface area contributed by atoms with Crippen LogP contribution in [0.2, 0.25) is 0 Å². The Morgan fingerprint density at radius 2 is 1.95 bits per heavy atom. The van der Waals surface area contributed by atoms with Crippen molar-refractivity contribution in [1.29, 1.82) is 0 Å². The first-order valence-electron chi connectivity index (χ1n) is 5.92. The van der Waals surface area contributed by atoms with Gasteiger partial charge in [-0.1, -0.05) is 19.9 Å². The molecule has 1 rings (SSSR count). The third-order valence-electron chi connectivity index (χ3n) is 2.78. The molecule has 0 spiro atoms. The molecule has 2 amide bonds. The van der Waals surface area contributed by atoms with Crippen LogP contribution in [0.3, 0.4) is 0 Å². The molecule has 1 aromatic carbocycles. The Labute approximate surface area is 114 Å². The van der Waals surface area contributed by atoms with Gasteiger partial charge in [-0.15, -0.1) is 0 Å². The number of benzene rings is 1. The van der Waals surface area contributed by atoms with Crippen LogP contribution in [0.4, 0.5) is 23.7 Å². The van der Waals surface area contributed by atoms with Gasteiger partial charge in [-0.25, -0.2) is 4.79 Å². The van der Waals surface area contributed by atoms with Crippen LogP contribution in [-0.2, 0) is 12.6 Å². The van der Waals surface area contributed by atoms with E-state index in [-0.39, 0.29) is 24.3 Å². The lowest BCUT2D eigenvalue weighted by Gasteiger charge is -2.24. The summed E-state index contributed by atoms with van der Waals surface area (Å²) >= 11 is 0. The maximum Gasteiger partial charge on any atom is 0.416 e. The smallest absolute Gasteiger partial charge is 0.396 e. The van der Waals surface area contributed by atoms with Gasteiger partial charge >= 0.3 is 12.2 Å². The van der Waals surface area contributed by atoms with Crippen LogP contribution in [0, 0.1) is 5.41 Å². The number of amides is 2. The number of rotatable bonds is 4. The van der Waals surface area contributed by atoms with Gasteiger partial charge in [-0.3, -0.25) is 0 Å². The predicted molar refractivity (Wildman–Crippen MR) is 69.2 cm³/mol. The SMILES string of the molecule is CC(C)(CO)Cc1ccc(NC(N)=O)cc1C(F)(F)F. The Morgan fingerprint density at radius 3 is 2.40 bits per heavy atom. The molecular formula is C13H17F3N2O2. The van der Waals surface area contributed by atoms with Gasteiger partial charge in [0.05, 0.1) is 5.56 Å². The Morgan fingerprint density at radius 1 is 1.35 bits per heavy atom. The van der Waals surface area contributed by atoms with E-state index in [1.807, 2.05) is 0 Å². The minimum absolute atomic E-state index is 0.0182. The van der Waals surface area contributed by atoms with E-state index >= 15 is 0 Å². The van der Waals surface area contributed by atoms with Crippen molar-refractivity contribution in [2.45, 2.75) is 26.4 Å². The summed E-state index contributed by atoms with van der Waals surface area (Å²) in [6, 6.07) is 2.54. The van der Waals surface area contributed by atoms with E-state index in [1.165, 1.54) is 12.1 Å². The first-order chi connectivity index (χ1) is 9.05. The summed E-state index contributed by atoms with van der Waals surface area (Å²) in [4.78, 5) is 10.7. The number of carbonyl (C=O) groups excluding carboxylic acids is 1. The summed E-state index contributed by atoms with van der Waals surface area (Å²) in [5.41, 5.74) is 3.41. The van der Waals surface area contributed by atoms with Crippen molar-refractivity contribution in [3.8, 4) is 0 Å². The molecule has 7 heteroatoms. The molecule has 0 saturated heterocycles. The zero-order valence-electron chi connectivity index (χ0n) is 11.2. The lowest BCUT2D eigenvalue weighted by atomic mass is 9.85. The summed E-state index contributed by atoms with van der Waals surface area (Å²) < 4.78 is 39.1. The number of carbonyl (C=O) groups is 1. The minimum atomic E-state index is -4.55. The number of nitrogens with one attached hydrogen (secondary N) is 1. The highest BCUT2D eigenvalue weighted by molar-refractivity contribution is 5.87. The number of urea groups is 1. The van der Waals surface area contributed by atoms with Crippen molar-refractivity contribution in [3.63, 3.8) is 0 Å². The van der Waals surface area contributed by atoms with Crippen molar-refractivity contribution in [3.05, 3.63) is 29.3 Å². The van der Waals surface area contributed by atoms with Crippen LogP contribution >= 0.6 is 0 Å². The number of alkyl halides is 3. The monoisotopic (exact) mass is 290 g/mol. The van der Waals surface area contributed by atoms with E-state index < -0.39 is 23.2 Å². The van der Waals surface area contributed by atoms with E-state index in [0.29, 0.717) is 0 Å². The minimum Gasteiger partial charge on any atom is -0.396 e. The molecule has 0 atom stereocenters. The van der Waals surface area contributed by atoms with Gasteiger partial charge in [0.15, 0.2) is 0 Å². The first kappa shape index (κ1) is 16.3. The van der Waals surface area contributed by atoms with Gasteiger partial charge in [-0.2, -0.15) is 13.2 Å². The number of nitrogens with two attached hydrogens (primary N) is 1. The average molecular weight is 290 g/mol. The summed E-state index contributed by atoms with van der Waals surface area (Å²) in [5, 5.41) is 11.3. The van der Waals surface area contributed by atoms with E-state index in [1.54, 1.807) is 13.8 Å². The quantitative estimate of drug-likeness (QED) is 0.797. The Bertz CT molecular complexity index is 499. The molecule has 20 heavy (non-hydrogen) atoms. The van der Waals surface area contributed by atoms with Crippen LogP contribution in [0.5, 0.6) is 0 Å². The third kappa shape index (κ3) is 4.41. The van der Waals surface area contributed by atoms with E-state index in [2.05, 4.69) is 5.32 Å². The summed E-state index contributed by atoms with van der Waals surface area (Å²) in [5.74, 6) is 0. The second-order valence-electron chi connectivity index (χ2n) is 5.36. The largest absolute Gasteiger partial charge is 0.416 e. The molecule has 4 N–H and O–H groups in total. The Balaban J connectivity index is 3.21. The summed E-state index contributed by atoms with van der Waals surface area (Å²) in [7, 11) is 0. The lowest BCUT2D eigenvalue weighted by molar-refractivity contribution is -0.138. The van der Waals surface area contributed by atoms with Crippen LogP contribution in [0.1, 0.15) is 25.0 Å². The lowest BCUT2D eigenvalue weighted by Crippen LogP contribution is -2.23. The highest BCUT2D eigenvalue weighted by Gasteiger charge is 2.35. The molecular weight excluding hydrogens is 273 g/mol. The van der Waals surface area contributed by atoms with Gasteiger partial charge in [0.1, 0.15) is 0 Å². The van der Waals surface area contributed by atoms with Crippen LogP contribution in [0.25, 0.3) is 0 Å².